The van der Waals surface area contributed by atoms with E-state index in [4.69, 9.17) is 4.74 Å². The van der Waals surface area contributed by atoms with Crippen LogP contribution in [-0.4, -0.2) is 26.0 Å². The average molecular weight is 321 g/mol. The van der Waals surface area contributed by atoms with Crippen LogP contribution >= 0.6 is 0 Å². The Balaban J connectivity index is 1.70. The van der Waals surface area contributed by atoms with Crippen molar-refractivity contribution in [3.63, 3.8) is 0 Å². The maximum atomic E-state index is 12.9. The van der Waals surface area contributed by atoms with E-state index in [1.54, 1.807) is 0 Å². The van der Waals surface area contributed by atoms with Crippen molar-refractivity contribution in [3.8, 4) is 0 Å². The Morgan fingerprint density at radius 3 is 2.45 bits per heavy atom. The highest BCUT2D eigenvalue weighted by molar-refractivity contribution is 7.88. The SMILES string of the molecule is O=S(=O)(Cc1ccc(F)cc1)N1COC(c2ccccc2)C1. The number of nitrogens with zero attached hydrogens (tertiary/aromatic N) is 1. The van der Waals surface area contributed by atoms with Crippen molar-refractivity contribution in [2.45, 2.75) is 11.9 Å². The van der Waals surface area contributed by atoms with Gasteiger partial charge in [-0.3, -0.25) is 0 Å². The zero-order valence-electron chi connectivity index (χ0n) is 11.9. The van der Waals surface area contributed by atoms with Gasteiger partial charge in [0.15, 0.2) is 0 Å². The molecule has 0 aromatic heterocycles. The molecule has 116 valence electrons. The molecule has 1 atom stereocenters. The second-order valence-corrected chi connectivity index (χ2v) is 7.18. The first kappa shape index (κ1) is 15.1. The topological polar surface area (TPSA) is 46.6 Å². The van der Waals surface area contributed by atoms with E-state index in [9.17, 15) is 12.8 Å². The lowest BCUT2D eigenvalue weighted by molar-refractivity contribution is 0.104. The van der Waals surface area contributed by atoms with E-state index in [1.807, 2.05) is 30.3 Å². The first-order valence-electron chi connectivity index (χ1n) is 6.93. The zero-order valence-corrected chi connectivity index (χ0v) is 12.7. The van der Waals surface area contributed by atoms with Gasteiger partial charge in [-0.2, -0.15) is 4.31 Å². The second kappa shape index (κ2) is 6.16. The van der Waals surface area contributed by atoms with Gasteiger partial charge in [-0.25, -0.2) is 12.8 Å². The maximum absolute atomic E-state index is 12.9. The summed E-state index contributed by atoms with van der Waals surface area (Å²) in [6.07, 6.45) is -0.246. The maximum Gasteiger partial charge on any atom is 0.220 e. The van der Waals surface area contributed by atoms with E-state index >= 15 is 0 Å². The number of rotatable bonds is 4. The molecule has 1 saturated heterocycles. The molecule has 0 bridgehead atoms. The van der Waals surface area contributed by atoms with Crippen LogP contribution in [0.2, 0.25) is 0 Å². The molecule has 1 heterocycles. The molecule has 1 fully saturated rings. The van der Waals surface area contributed by atoms with Crippen LogP contribution in [0.4, 0.5) is 4.39 Å². The highest BCUT2D eigenvalue weighted by Crippen LogP contribution is 2.27. The molecule has 3 rings (SSSR count). The Labute approximate surface area is 129 Å². The zero-order chi connectivity index (χ0) is 15.6. The van der Waals surface area contributed by atoms with Crippen LogP contribution in [0.1, 0.15) is 17.2 Å². The van der Waals surface area contributed by atoms with Crippen LogP contribution in [0.15, 0.2) is 54.6 Å². The summed E-state index contributed by atoms with van der Waals surface area (Å²) in [5.41, 5.74) is 1.52. The summed E-state index contributed by atoms with van der Waals surface area (Å²) in [6, 6.07) is 15.0. The van der Waals surface area contributed by atoms with Gasteiger partial charge in [0.2, 0.25) is 10.0 Å². The Kier molecular flexibility index (Phi) is 4.24. The minimum Gasteiger partial charge on any atom is -0.356 e. The third-order valence-electron chi connectivity index (χ3n) is 3.62. The summed E-state index contributed by atoms with van der Waals surface area (Å²) in [4.78, 5) is 0. The van der Waals surface area contributed by atoms with E-state index in [2.05, 4.69) is 0 Å². The number of ether oxygens (including phenoxy) is 1. The summed E-state index contributed by atoms with van der Waals surface area (Å²) in [7, 11) is -3.48. The van der Waals surface area contributed by atoms with E-state index in [1.165, 1.54) is 28.6 Å². The van der Waals surface area contributed by atoms with Gasteiger partial charge in [-0.1, -0.05) is 42.5 Å². The molecular formula is C16H16FNO3S. The molecule has 0 radical (unpaired) electrons. The minimum absolute atomic E-state index is 0.0447. The van der Waals surface area contributed by atoms with Crippen LogP contribution in [-0.2, 0) is 20.5 Å². The molecule has 0 amide bonds. The van der Waals surface area contributed by atoms with Crippen molar-refractivity contribution in [3.05, 3.63) is 71.5 Å². The molecule has 4 nitrogen and oxygen atoms in total. The average Bonchev–Trinajstić information content (AvgIpc) is 3.01. The molecule has 0 N–H and O–H groups in total. The van der Waals surface area contributed by atoms with Gasteiger partial charge in [0.1, 0.15) is 12.5 Å². The molecular weight excluding hydrogens is 305 g/mol. The minimum atomic E-state index is -3.48. The summed E-state index contributed by atoms with van der Waals surface area (Å²) in [6.45, 7) is 0.344. The lowest BCUT2D eigenvalue weighted by atomic mass is 10.1. The molecule has 6 heteroatoms. The summed E-state index contributed by atoms with van der Waals surface area (Å²) in [5, 5.41) is 0. The highest BCUT2D eigenvalue weighted by atomic mass is 32.2. The fourth-order valence-electron chi connectivity index (χ4n) is 2.41. The molecule has 2 aromatic carbocycles. The number of sulfonamides is 1. The van der Waals surface area contributed by atoms with Crippen LogP contribution < -0.4 is 0 Å². The Morgan fingerprint density at radius 1 is 1.09 bits per heavy atom. The monoisotopic (exact) mass is 321 g/mol. The predicted octanol–water partition coefficient (Wildman–Crippen LogP) is 2.69. The van der Waals surface area contributed by atoms with Gasteiger partial charge in [-0.05, 0) is 23.3 Å². The molecule has 1 aliphatic heterocycles. The van der Waals surface area contributed by atoms with Crippen molar-refractivity contribution < 1.29 is 17.5 Å². The predicted molar refractivity (Wildman–Crippen MR) is 80.9 cm³/mol. The van der Waals surface area contributed by atoms with Gasteiger partial charge >= 0.3 is 0 Å². The largest absolute Gasteiger partial charge is 0.356 e. The van der Waals surface area contributed by atoms with E-state index in [-0.39, 0.29) is 24.4 Å². The first-order valence-corrected chi connectivity index (χ1v) is 8.54. The van der Waals surface area contributed by atoms with E-state index in [0.29, 0.717) is 12.1 Å². The van der Waals surface area contributed by atoms with Crippen LogP contribution in [0, 0.1) is 5.82 Å². The van der Waals surface area contributed by atoms with Gasteiger partial charge in [0.05, 0.1) is 11.9 Å². The fraction of sp³-hybridized carbons (Fsp3) is 0.250. The van der Waals surface area contributed by atoms with Crippen molar-refractivity contribution in [2.75, 3.05) is 13.3 Å². The molecule has 0 spiro atoms. The Hall–Kier alpha value is -1.76. The number of benzene rings is 2. The first-order chi connectivity index (χ1) is 10.5. The third kappa shape index (κ3) is 3.35. The molecule has 1 aliphatic rings. The summed E-state index contributed by atoms with van der Waals surface area (Å²) >= 11 is 0. The van der Waals surface area contributed by atoms with Crippen LogP contribution in [0.3, 0.4) is 0 Å². The van der Waals surface area contributed by atoms with Crippen molar-refractivity contribution in [1.82, 2.24) is 4.31 Å². The molecule has 22 heavy (non-hydrogen) atoms. The normalized spacial score (nSPS) is 19.4. The standard InChI is InChI=1S/C16H16FNO3S/c17-15-8-6-13(7-9-15)11-22(19,20)18-10-16(21-12-18)14-4-2-1-3-5-14/h1-9,16H,10-12H2. The smallest absolute Gasteiger partial charge is 0.220 e. The fourth-order valence-corrected chi connectivity index (χ4v) is 3.79. The van der Waals surface area contributed by atoms with Gasteiger partial charge in [0, 0.05) is 6.54 Å². The lowest BCUT2D eigenvalue weighted by Gasteiger charge is -2.14. The Morgan fingerprint density at radius 2 is 1.77 bits per heavy atom. The number of halogens is 1. The van der Waals surface area contributed by atoms with Gasteiger partial charge in [0.25, 0.3) is 0 Å². The van der Waals surface area contributed by atoms with Crippen LogP contribution in [0.25, 0.3) is 0 Å². The number of hydrogen-bond donors (Lipinski definition) is 0. The quantitative estimate of drug-likeness (QED) is 0.870. The molecule has 0 aliphatic carbocycles. The molecule has 0 saturated carbocycles. The molecule has 1 unspecified atom stereocenters. The van der Waals surface area contributed by atoms with Gasteiger partial charge < -0.3 is 4.74 Å². The highest BCUT2D eigenvalue weighted by Gasteiger charge is 2.32. The summed E-state index contributed by atoms with van der Waals surface area (Å²) < 4.78 is 44.6. The third-order valence-corrected chi connectivity index (χ3v) is 5.36. The lowest BCUT2D eigenvalue weighted by Crippen LogP contribution is -2.29. The van der Waals surface area contributed by atoms with E-state index < -0.39 is 10.0 Å². The number of hydrogen-bond acceptors (Lipinski definition) is 3. The Bertz CT molecular complexity index is 732. The molecule has 2 aromatic rings. The summed E-state index contributed by atoms with van der Waals surface area (Å²) in [5.74, 6) is -0.534. The van der Waals surface area contributed by atoms with Crippen LogP contribution in [0.5, 0.6) is 0 Å². The van der Waals surface area contributed by atoms with Crippen molar-refractivity contribution in [2.24, 2.45) is 0 Å². The van der Waals surface area contributed by atoms with E-state index in [0.717, 1.165) is 5.56 Å². The van der Waals surface area contributed by atoms with Gasteiger partial charge in [-0.15, -0.1) is 0 Å². The van der Waals surface area contributed by atoms with Crippen molar-refractivity contribution >= 4 is 10.0 Å². The second-order valence-electron chi connectivity index (χ2n) is 5.21. The van der Waals surface area contributed by atoms with Crippen molar-refractivity contribution in [1.29, 1.82) is 0 Å².